The normalized spacial score (nSPS) is 10.3. The molecule has 20 heavy (non-hydrogen) atoms. The lowest BCUT2D eigenvalue weighted by Gasteiger charge is -2.16. The highest BCUT2D eigenvalue weighted by molar-refractivity contribution is 7.07. The summed E-state index contributed by atoms with van der Waals surface area (Å²) in [5.41, 5.74) is 4.45. The summed E-state index contributed by atoms with van der Waals surface area (Å²) in [6.07, 6.45) is 1.08. The van der Waals surface area contributed by atoms with Crippen molar-refractivity contribution in [1.82, 2.24) is 9.88 Å². The lowest BCUT2D eigenvalue weighted by Crippen LogP contribution is -2.26. The molecule has 0 unspecified atom stereocenters. The Kier molecular flexibility index (Phi) is 5.12. The van der Waals surface area contributed by atoms with Crippen LogP contribution in [-0.2, 0) is 6.54 Å². The zero-order valence-electron chi connectivity index (χ0n) is 11.8. The molecule has 2 rings (SSSR count). The number of thiazole rings is 1. The molecule has 2 aromatic rings. The molecule has 0 radical (unpaired) electrons. The molecule has 106 valence electrons. The van der Waals surface area contributed by atoms with Crippen LogP contribution < -0.4 is 5.32 Å². The lowest BCUT2D eigenvalue weighted by molar-refractivity contribution is 0.0783. The molecule has 0 aliphatic heterocycles. The molecule has 0 aliphatic carbocycles. The maximum Gasteiger partial charge on any atom is 0.253 e. The predicted octanol–water partition coefficient (Wildman–Crippen LogP) is 3.24. The maximum atomic E-state index is 12.3. The number of carbonyl (C=O) groups excluding carboxylic acids is 1. The molecule has 0 aliphatic rings. The second kappa shape index (κ2) is 7.05. The molecule has 0 saturated heterocycles. The SMILES string of the molecule is CCCNc1ccc(C(=O)N(C)Cc2cscn2)cc1. The summed E-state index contributed by atoms with van der Waals surface area (Å²) < 4.78 is 0. The first kappa shape index (κ1) is 14.5. The summed E-state index contributed by atoms with van der Waals surface area (Å²) in [5, 5.41) is 5.25. The van der Waals surface area contributed by atoms with E-state index in [1.54, 1.807) is 28.8 Å². The van der Waals surface area contributed by atoms with Gasteiger partial charge in [-0.1, -0.05) is 6.92 Å². The highest BCUT2D eigenvalue weighted by Gasteiger charge is 2.12. The Morgan fingerprint density at radius 3 is 2.70 bits per heavy atom. The van der Waals surface area contributed by atoms with E-state index in [1.165, 1.54) is 0 Å². The molecule has 5 heteroatoms. The fourth-order valence-electron chi connectivity index (χ4n) is 1.85. The summed E-state index contributed by atoms with van der Waals surface area (Å²) in [7, 11) is 1.80. The first-order valence-corrected chi connectivity index (χ1v) is 7.61. The van der Waals surface area contributed by atoms with Gasteiger partial charge in [-0.2, -0.15) is 0 Å². The van der Waals surface area contributed by atoms with E-state index >= 15 is 0 Å². The van der Waals surface area contributed by atoms with Crippen molar-refractivity contribution in [2.24, 2.45) is 0 Å². The van der Waals surface area contributed by atoms with Crippen molar-refractivity contribution >= 4 is 22.9 Å². The summed E-state index contributed by atoms with van der Waals surface area (Å²) in [6, 6.07) is 7.61. The van der Waals surface area contributed by atoms with Gasteiger partial charge in [0.2, 0.25) is 0 Å². The van der Waals surface area contributed by atoms with E-state index in [4.69, 9.17) is 0 Å². The van der Waals surface area contributed by atoms with Crippen LogP contribution in [0, 0.1) is 0 Å². The number of nitrogens with one attached hydrogen (secondary N) is 1. The minimum absolute atomic E-state index is 0.0139. The van der Waals surface area contributed by atoms with Crippen molar-refractivity contribution < 1.29 is 4.79 Å². The monoisotopic (exact) mass is 289 g/mol. The lowest BCUT2D eigenvalue weighted by atomic mass is 10.2. The molecule has 0 fully saturated rings. The molecule has 0 bridgehead atoms. The number of hydrogen-bond acceptors (Lipinski definition) is 4. The minimum atomic E-state index is 0.0139. The van der Waals surface area contributed by atoms with Crippen LogP contribution in [0.5, 0.6) is 0 Å². The zero-order chi connectivity index (χ0) is 14.4. The average molecular weight is 289 g/mol. The number of amides is 1. The Morgan fingerprint density at radius 2 is 2.10 bits per heavy atom. The highest BCUT2D eigenvalue weighted by Crippen LogP contribution is 2.13. The van der Waals surface area contributed by atoms with E-state index in [0.29, 0.717) is 12.1 Å². The van der Waals surface area contributed by atoms with Gasteiger partial charge in [0, 0.05) is 30.2 Å². The molecule has 1 N–H and O–H groups in total. The molecule has 0 spiro atoms. The fourth-order valence-corrected chi connectivity index (χ4v) is 2.40. The van der Waals surface area contributed by atoms with Crippen molar-refractivity contribution in [2.75, 3.05) is 18.9 Å². The van der Waals surface area contributed by atoms with Crippen LogP contribution in [0.4, 0.5) is 5.69 Å². The number of nitrogens with zero attached hydrogens (tertiary/aromatic N) is 2. The van der Waals surface area contributed by atoms with Crippen LogP contribution in [0.3, 0.4) is 0 Å². The Labute approximate surface area is 123 Å². The van der Waals surface area contributed by atoms with Crippen molar-refractivity contribution in [3.63, 3.8) is 0 Å². The molecule has 0 saturated carbocycles. The van der Waals surface area contributed by atoms with Gasteiger partial charge >= 0.3 is 0 Å². The van der Waals surface area contributed by atoms with E-state index < -0.39 is 0 Å². The summed E-state index contributed by atoms with van der Waals surface area (Å²) in [5.74, 6) is 0.0139. The van der Waals surface area contributed by atoms with Crippen LogP contribution >= 0.6 is 11.3 Å². The topological polar surface area (TPSA) is 45.2 Å². The summed E-state index contributed by atoms with van der Waals surface area (Å²) in [6.45, 7) is 3.60. The molecular weight excluding hydrogens is 270 g/mol. The van der Waals surface area contributed by atoms with E-state index in [-0.39, 0.29) is 5.91 Å². The Balaban J connectivity index is 1.97. The average Bonchev–Trinajstić information content (AvgIpc) is 2.97. The van der Waals surface area contributed by atoms with E-state index in [1.807, 2.05) is 29.6 Å². The first-order chi connectivity index (χ1) is 9.70. The molecule has 1 aromatic heterocycles. The Morgan fingerprint density at radius 1 is 1.35 bits per heavy atom. The van der Waals surface area contributed by atoms with Gasteiger partial charge < -0.3 is 10.2 Å². The third-order valence-electron chi connectivity index (χ3n) is 2.94. The van der Waals surface area contributed by atoms with Gasteiger partial charge in [0.1, 0.15) is 0 Å². The number of carbonyl (C=O) groups is 1. The molecule has 1 amide bonds. The third-order valence-corrected chi connectivity index (χ3v) is 3.58. The molecule has 4 nitrogen and oxygen atoms in total. The van der Waals surface area contributed by atoms with Crippen LogP contribution in [0.1, 0.15) is 29.4 Å². The van der Waals surface area contributed by atoms with Gasteiger partial charge in [-0.25, -0.2) is 4.98 Å². The fraction of sp³-hybridized carbons (Fsp3) is 0.333. The van der Waals surface area contributed by atoms with Crippen LogP contribution in [0.15, 0.2) is 35.2 Å². The van der Waals surface area contributed by atoms with Crippen LogP contribution in [-0.4, -0.2) is 29.4 Å². The van der Waals surface area contributed by atoms with E-state index in [2.05, 4.69) is 17.2 Å². The number of hydrogen-bond donors (Lipinski definition) is 1. The first-order valence-electron chi connectivity index (χ1n) is 6.67. The van der Waals surface area contributed by atoms with Gasteiger partial charge in [-0.15, -0.1) is 11.3 Å². The maximum absolute atomic E-state index is 12.3. The third kappa shape index (κ3) is 3.81. The molecular formula is C15H19N3OS. The van der Waals surface area contributed by atoms with Gasteiger partial charge in [0.05, 0.1) is 17.7 Å². The molecule has 1 aromatic carbocycles. The number of rotatable bonds is 6. The van der Waals surface area contributed by atoms with Crippen molar-refractivity contribution in [1.29, 1.82) is 0 Å². The van der Waals surface area contributed by atoms with Crippen LogP contribution in [0.2, 0.25) is 0 Å². The smallest absolute Gasteiger partial charge is 0.253 e. The van der Waals surface area contributed by atoms with Crippen molar-refractivity contribution in [2.45, 2.75) is 19.9 Å². The standard InChI is InChI=1S/C15H19N3OS/c1-3-8-16-13-6-4-12(5-7-13)15(19)18(2)9-14-10-20-11-17-14/h4-7,10-11,16H,3,8-9H2,1-2H3. The number of benzene rings is 1. The number of aromatic nitrogens is 1. The predicted molar refractivity (Wildman–Crippen MR) is 83.1 cm³/mol. The van der Waals surface area contributed by atoms with Crippen molar-refractivity contribution in [3.8, 4) is 0 Å². The van der Waals surface area contributed by atoms with Crippen LogP contribution in [0.25, 0.3) is 0 Å². The largest absolute Gasteiger partial charge is 0.385 e. The van der Waals surface area contributed by atoms with Gasteiger partial charge in [-0.05, 0) is 30.7 Å². The van der Waals surface area contributed by atoms with E-state index in [0.717, 1.165) is 24.3 Å². The Hall–Kier alpha value is -1.88. The minimum Gasteiger partial charge on any atom is -0.385 e. The van der Waals surface area contributed by atoms with Gasteiger partial charge in [0.25, 0.3) is 5.91 Å². The number of anilines is 1. The zero-order valence-corrected chi connectivity index (χ0v) is 12.6. The Bertz CT molecular complexity index is 537. The summed E-state index contributed by atoms with van der Waals surface area (Å²) in [4.78, 5) is 18.2. The molecule has 0 atom stereocenters. The van der Waals surface area contributed by atoms with Gasteiger partial charge in [0.15, 0.2) is 0 Å². The second-order valence-electron chi connectivity index (χ2n) is 4.65. The second-order valence-corrected chi connectivity index (χ2v) is 5.36. The quantitative estimate of drug-likeness (QED) is 0.888. The molecule has 1 heterocycles. The van der Waals surface area contributed by atoms with Gasteiger partial charge in [-0.3, -0.25) is 4.79 Å². The van der Waals surface area contributed by atoms with Crippen molar-refractivity contribution in [3.05, 3.63) is 46.4 Å². The highest BCUT2D eigenvalue weighted by atomic mass is 32.1. The van der Waals surface area contributed by atoms with E-state index in [9.17, 15) is 4.79 Å². The summed E-state index contributed by atoms with van der Waals surface area (Å²) >= 11 is 1.54.